The van der Waals surface area contributed by atoms with Crippen molar-refractivity contribution in [3.63, 3.8) is 0 Å². The molecule has 0 aliphatic heterocycles. The number of carbonyl (C=O) groups is 1. The van der Waals surface area contributed by atoms with Crippen LogP contribution >= 0.6 is 15.9 Å². The molecule has 1 atom stereocenters. The Balaban J connectivity index is 3.48. The van der Waals surface area contributed by atoms with E-state index in [-0.39, 0.29) is 12.1 Å². The minimum absolute atomic E-state index is 0.0324. The fraction of sp³-hybridized carbons (Fsp3) is 0.933. The average molecular weight is 321 g/mol. The fourth-order valence-corrected chi connectivity index (χ4v) is 1.86. The Hall–Kier alpha value is -0.0500. The van der Waals surface area contributed by atoms with Gasteiger partial charge in [-0.2, -0.15) is 0 Å². The minimum atomic E-state index is -0.568. The van der Waals surface area contributed by atoms with E-state index in [9.17, 15) is 4.79 Å². The molecule has 0 spiro atoms. The molecule has 0 amide bonds. The van der Waals surface area contributed by atoms with Crippen LogP contribution in [0.25, 0.3) is 0 Å². The van der Waals surface area contributed by atoms with Crippen molar-refractivity contribution >= 4 is 21.9 Å². The van der Waals surface area contributed by atoms with E-state index in [1.165, 1.54) is 38.5 Å². The molecule has 0 saturated heterocycles. The van der Waals surface area contributed by atoms with Gasteiger partial charge in [-0.15, -0.1) is 0 Å². The smallest absolute Gasteiger partial charge is 0.322 e. The lowest BCUT2D eigenvalue weighted by Gasteiger charge is -2.19. The van der Waals surface area contributed by atoms with Crippen LogP contribution in [0.1, 0.15) is 79.1 Å². The van der Waals surface area contributed by atoms with Crippen molar-refractivity contribution in [3.05, 3.63) is 0 Å². The molecule has 2 nitrogen and oxygen atoms in total. The third-order valence-electron chi connectivity index (χ3n) is 3.01. The summed E-state index contributed by atoms with van der Waals surface area (Å²) >= 11 is 3.31. The summed E-state index contributed by atoms with van der Waals surface area (Å²) in [4.78, 5) is 11.6. The fourth-order valence-electron chi connectivity index (χ4n) is 1.77. The van der Waals surface area contributed by atoms with Gasteiger partial charge in [-0.3, -0.25) is 4.79 Å². The van der Waals surface area contributed by atoms with Crippen molar-refractivity contribution in [2.24, 2.45) is 0 Å². The van der Waals surface area contributed by atoms with Crippen LogP contribution in [0, 0.1) is 0 Å². The van der Waals surface area contributed by atoms with E-state index >= 15 is 0 Å². The Bertz CT molecular complexity index is 221. The molecule has 108 valence electrons. The maximum Gasteiger partial charge on any atom is 0.322 e. The molecule has 0 aliphatic carbocycles. The molecular formula is C15H29BrO2. The Kier molecular flexibility index (Phi) is 9.80. The standard InChI is InChI=1S/C15H29BrO2/c1-5-6-7-8-9-10-11-12-13(2)18-14(17)15(3,4)16/h13H,5-12H2,1-4H3. The van der Waals surface area contributed by atoms with Crippen LogP contribution in [0.4, 0.5) is 0 Å². The maximum absolute atomic E-state index is 11.6. The van der Waals surface area contributed by atoms with Crippen molar-refractivity contribution in [1.29, 1.82) is 0 Å². The second-order valence-electron chi connectivity index (χ2n) is 5.60. The molecule has 0 aliphatic rings. The van der Waals surface area contributed by atoms with Gasteiger partial charge < -0.3 is 4.74 Å². The number of rotatable bonds is 10. The molecule has 0 N–H and O–H groups in total. The SMILES string of the molecule is CCCCCCCCCC(C)OC(=O)C(C)(C)Br. The number of hydrogen-bond acceptors (Lipinski definition) is 2. The summed E-state index contributed by atoms with van der Waals surface area (Å²) in [6.45, 7) is 7.85. The second kappa shape index (κ2) is 9.82. The van der Waals surface area contributed by atoms with Gasteiger partial charge in [-0.05, 0) is 33.6 Å². The van der Waals surface area contributed by atoms with Crippen LogP contribution in [0.3, 0.4) is 0 Å². The maximum atomic E-state index is 11.6. The van der Waals surface area contributed by atoms with Crippen LogP contribution in [-0.2, 0) is 9.53 Å². The molecule has 1 unspecified atom stereocenters. The van der Waals surface area contributed by atoms with E-state index in [2.05, 4.69) is 22.9 Å². The Morgan fingerprint density at radius 3 is 2.11 bits per heavy atom. The number of ether oxygens (including phenoxy) is 1. The summed E-state index contributed by atoms with van der Waals surface area (Å²) < 4.78 is 4.81. The highest BCUT2D eigenvalue weighted by Crippen LogP contribution is 2.19. The van der Waals surface area contributed by atoms with Crippen LogP contribution in [0.5, 0.6) is 0 Å². The summed E-state index contributed by atoms with van der Waals surface area (Å²) in [5, 5.41) is 0. The second-order valence-corrected chi connectivity index (χ2v) is 7.58. The number of esters is 1. The molecule has 0 aromatic heterocycles. The van der Waals surface area contributed by atoms with Gasteiger partial charge in [0.1, 0.15) is 4.32 Å². The minimum Gasteiger partial charge on any atom is -0.462 e. The molecule has 0 saturated carbocycles. The van der Waals surface area contributed by atoms with Crippen LogP contribution in [-0.4, -0.2) is 16.4 Å². The van der Waals surface area contributed by atoms with E-state index in [4.69, 9.17) is 4.74 Å². The van der Waals surface area contributed by atoms with Gasteiger partial charge in [-0.1, -0.05) is 61.4 Å². The van der Waals surface area contributed by atoms with Gasteiger partial charge in [-0.25, -0.2) is 0 Å². The van der Waals surface area contributed by atoms with Crippen molar-refractivity contribution in [2.75, 3.05) is 0 Å². The normalized spacial score (nSPS) is 13.4. The van der Waals surface area contributed by atoms with E-state index in [0.29, 0.717) is 0 Å². The first-order chi connectivity index (χ1) is 8.38. The van der Waals surface area contributed by atoms with Crippen molar-refractivity contribution in [1.82, 2.24) is 0 Å². The molecule has 3 heteroatoms. The van der Waals surface area contributed by atoms with Gasteiger partial charge in [0.25, 0.3) is 0 Å². The summed E-state index contributed by atoms with van der Waals surface area (Å²) in [7, 11) is 0. The van der Waals surface area contributed by atoms with E-state index in [1.54, 1.807) is 0 Å². The molecule has 0 fully saturated rings. The van der Waals surface area contributed by atoms with Crippen LogP contribution in [0.2, 0.25) is 0 Å². The Morgan fingerprint density at radius 2 is 1.61 bits per heavy atom. The predicted molar refractivity (Wildman–Crippen MR) is 81.2 cm³/mol. The first-order valence-electron chi connectivity index (χ1n) is 7.28. The lowest BCUT2D eigenvalue weighted by molar-refractivity contribution is -0.150. The first-order valence-corrected chi connectivity index (χ1v) is 8.07. The quantitative estimate of drug-likeness (QED) is 0.313. The van der Waals surface area contributed by atoms with Gasteiger partial charge in [0.15, 0.2) is 0 Å². The number of unbranched alkanes of at least 4 members (excludes halogenated alkanes) is 6. The monoisotopic (exact) mass is 320 g/mol. The lowest BCUT2D eigenvalue weighted by atomic mass is 10.1. The van der Waals surface area contributed by atoms with E-state index in [1.807, 2.05) is 20.8 Å². The molecule has 0 rings (SSSR count). The molecular weight excluding hydrogens is 292 g/mol. The molecule has 0 aromatic rings. The zero-order valence-electron chi connectivity index (χ0n) is 12.4. The third kappa shape index (κ3) is 9.93. The number of alkyl halides is 1. The van der Waals surface area contributed by atoms with Gasteiger partial charge in [0, 0.05) is 0 Å². The van der Waals surface area contributed by atoms with Crippen LogP contribution < -0.4 is 0 Å². The van der Waals surface area contributed by atoms with Gasteiger partial charge >= 0.3 is 5.97 Å². The summed E-state index contributed by atoms with van der Waals surface area (Å²) in [6.07, 6.45) is 10.1. The Labute approximate surface area is 121 Å². The highest BCUT2D eigenvalue weighted by atomic mass is 79.9. The molecule has 0 heterocycles. The molecule has 0 radical (unpaired) electrons. The Morgan fingerprint density at radius 1 is 1.11 bits per heavy atom. The third-order valence-corrected chi connectivity index (χ3v) is 3.33. The zero-order valence-corrected chi connectivity index (χ0v) is 14.0. The molecule has 0 aromatic carbocycles. The van der Waals surface area contributed by atoms with Crippen molar-refractivity contribution < 1.29 is 9.53 Å². The summed E-state index contributed by atoms with van der Waals surface area (Å²) in [5.74, 6) is -0.169. The van der Waals surface area contributed by atoms with E-state index < -0.39 is 4.32 Å². The number of hydrogen-bond donors (Lipinski definition) is 0. The van der Waals surface area contributed by atoms with Crippen molar-refractivity contribution in [2.45, 2.75) is 89.5 Å². The summed E-state index contributed by atoms with van der Waals surface area (Å²) in [6, 6.07) is 0. The largest absolute Gasteiger partial charge is 0.462 e. The number of carbonyl (C=O) groups excluding carboxylic acids is 1. The average Bonchev–Trinajstić information content (AvgIpc) is 2.26. The van der Waals surface area contributed by atoms with E-state index in [0.717, 1.165) is 12.8 Å². The topological polar surface area (TPSA) is 26.3 Å². The lowest BCUT2D eigenvalue weighted by Crippen LogP contribution is -2.29. The molecule has 18 heavy (non-hydrogen) atoms. The molecule has 0 bridgehead atoms. The van der Waals surface area contributed by atoms with Crippen LogP contribution in [0.15, 0.2) is 0 Å². The zero-order chi connectivity index (χ0) is 14.0. The number of halogens is 1. The highest BCUT2D eigenvalue weighted by Gasteiger charge is 2.26. The predicted octanol–water partition coefficient (Wildman–Crippen LogP) is 5.23. The highest BCUT2D eigenvalue weighted by molar-refractivity contribution is 9.10. The van der Waals surface area contributed by atoms with Gasteiger partial charge in [0.2, 0.25) is 0 Å². The summed E-state index contributed by atoms with van der Waals surface area (Å²) in [5.41, 5.74) is 0. The van der Waals surface area contributed by atoms with Gasteiger partial charge in [0.05, 0.1) is 6.10 Å². The first kappa shape index (κ1) is 17.9. The van der Waals surface area contributed by atoms with Crippen molar-refractivity contribution in [3.8, 4) is 0 Å².